The van der Waals surface area contributed by atoms with Crippen molar-refractivity contribution in [1.29, 1.82) is 0 Å². The van der Waals surface area contributed by atoms with Crippen molar-refractivity contribution in [2.24, 2.45) is 0 Å². The second kappa shape index (κ2) is 4.59. The zero-order valence-electron chi connectivity index (χ0n) is 8.61. The summed E-state index contributed by atoms with van der Waals surface area (Å²) in [6.07, 6.45) is 6.39. The number of nitrogens with one attached hydrogen (secondary N) is 1. The molecule has 1 unspecified atom stereocenters. The Bertz CT molecular complexity index is 335. The van der Waals surface area contributed by atoms with Crippen LogP contribution in [0.4, 0.5) is 0 Å². The molecule has 0 bridgehead atoms. The van der Waals surface area contributed by atoms with Crippen molar-refractivity contribution in [1.82, 2.24) is 10.3 Å². The van der Waals surface area contributed by atoms with E-state index < -0.39 is 0 Å². The molecule has 1 aliphatic heterocycles. The molecular weight excluding hydrogens is 192 g/mol. The molecule has 3 N–H and O–H groups in total. The maximum Gasteiger partial charge on any atom is 0.138 e. The molecule has 1 saturated heterocycles. The van der Waals surface area contributed by atoms with Gasteiger partial charge in [-0.2, -0.15) is 0 Å². The number of aromatic hydroxyl groups is 1. The lowest BCUT2D eigenvalue weighted by Gasteiger charge is -2.25. The molecule has 0 spiro atoms. The van der Waals surface area contributed by atoms with Crippen LogP contribution in [0.1, 0.15) is 36.4 Å². The standard InChI is InChI=1S/C11H16N2O2/c14-7-8-5-12-6-10(15)11(8)9-3-1-2-4-13-9/h5-6,9,13-15H,1-4,7H2. The normalized spacial score (nSPS) is 21.5. The number of nitrogens with zero attached hydrogens (tertiary/aromatic N) is 1. The molecule has 1 atom stereocenters. The Hall–Kier alpha value is -1.13. The maximum absolute atomic E-state index is 9.76. The lowest BCUT2D eigenvalue weighted by atomic mass is 9.94. The summed E-state index contributed by atoms with van der Waals surface area (Å²) < 4.78 is 0. The smallest absolute Gasteiger partial charge is 0.138 e. The zero-order valence-corrected chi connectivity index (χ0v) is 8.61. The molecule has 0 aromatic carbocycles. The summed E-state index contributed by atoms with van der Waals surface area (Å²) in [4.78, 5) is 3.87. The Kier molecular flexibility index (Phi) is 3.18. The number of pyridine rings is 1. The van der Waals surface area contributed by atoms with Crippen LogP contribution in [-0.2, 0) is 6.61 Å². The van der Waals surface area contributed by atoms with Crippen molar-refractivity contribution in [3.63, 3.8) is 0 Å². The van der Waals surface area contributed by atoms with E-state index in [2.05, 4.69) is 10.3 Å². The van der Waals surface area contributed by atoms with Gasteiger partial charge in [0.05, 0.1) is 12.8 Å². The van der Waals surface area contributed by atoms with E-state index in [-0.39, 0.29) is 18.4 Å². The highest BCUT2D eigenvalue weighted by molar-refractivity contribution is 5.38. The lowest BCUT2D eigenvalue weighted by Crippen LogP contribution is -2.27. The van der Waals surface area contributed by atoms with Crippen LogP contribution in [0.3, 0.4) is 0 Å². The molecule has 1 aliphatic rings. The van der Waals surface area contributed by atoms with Crippen molar-refractivity contribution in [3.8, 4) is 5.75 Å². The number of aliphatic hydroxyl groups is 1. The Balaban J connectivity index is 2.31. The van der Waals surface area contributed by atoms with Crippen LogP contribution in [0.2, 0.25) is 0 Å². The van der Waals surface area contributed by atoms with E-state index in [9.17, 15) is 10.2 Å². The molecule has 4 heteroatoms. The number of hydrogen-bond donors (Lipinski definition) is 3. The number of piperidine rings is 1. The molecule has 0 amide bonds. The fourth-order valence-electron chi connectivity index (χ4n) is 2.13. The highest BCUT2D eigenvalue weighted by Gasteiger charge is 2.20. The van der Waals surface area contributed by atoms with Crippen molar-refractivity contribution < 1.29 is 10.2 Å². The summed E-state index contributed by atoms with van der Waals surface area (Å²) >= 11 is 0. The van der Waals surface area contributed by atoms with Gasteiger partial charge in [0.2, 0.25) is 0 Å². The van der Waals surface area contributed by atoms with E-state index in [1.54, 1.807) is 6.20 Å². The van der Waals surface area contributed by atoms with Crippen molar-refractivity contribution in [2.45, 2.75) is 31.9 Å². The van der Waals surface area contributed by atoms with Crippen LogP contribution in [-0.4, -0.2) is 21.7 Å². The van der Waals surface area contributed by atoms with Crippen LogP contribution < -0.4 is 5.32 Å². The van der Waals surface area contributed by atoms with E-state index in [1.807, 2.05) is 0 Å². The molecule has 0 radical (unpaired) electrons. The first kappa shape index (κ1) is 10.4. The van der Waals surface area contributed by atoms with E-state index in [4.69, 9.17) is 0 Å². The number of rotatable bonds is 2. The SMILES string of the molecule is OCc1cncc(O)c1C1CCCCN1. The molecule has 1 aromatic rings. The lowest BCUT2D eigenvalue weighted by molar-refractivity contribution is 0.275. The molecule has 2 rings (SSSR count). The molecule has 0 saturated carbocycles. The van der Waals surface area contributed by atoms with Gasteiger partial charge in [0.15, 0.2) is 0 Å². The predicted octanol–water partition coefficient (Wildman–Crippen LogP) is 1.09. The third-order valence-corrected chi connectivity index (χ3v) is 2.88. The maximum atomic E-state index is 9.76. The van der Waals surface area contributed by atoms with Crippen LogP contribution >= 0.6 is 0 Å². The Labute approximate surface area is 89.0 Å². The summed E-state index contributed by atoms with van der Waals surface area (Å²) in [7, 11) is 0. The van der Waals surface area contributed by atoms with Gasteiger partial charge in [0, 0.05) is 23.4 Å². The van der Waals surface area contributed by atoms with Gasteiger partial charge >= 0.3 is 0 Å². The van der Waals surface area contributed by atoms with Crippen LogP contribution in [0.25, 0.3) is 0 Å². The third kappa shape index (κ3) is 2.11. The van der Waals surface area contributed by atoms with E-state index in [0.29, 0.717) is 0 Å². The molecule has 1 fully saturated rings. The average molecular weight is 208 g/mol. The predicted molar refractivity (Wildman–Crippen MR) is 56.4 cm³/mol. The topological polar surface area (TPSA) is 65.4 Å². The van der Waals surface area contributed by atoms with Crippen molar-refractivity contribution >= 4 is 0 Å². The highest BCUT2D eigenvalue weighted by atomic mass is 16.3. The van der Waals surface area contributed by atoms with E-state index in [0.717, 1.165) is 30.5 Å². The first-order valence-corrected chi connectivity index (χ1v) is 5.33. The fourth-order valence-corrected chi connectivity index (χ4v) is 2.13. The van der Waals surface area contributed by atoms with Crippen molar-refractivity contribution in [3.05, 3.63) is 23.5 Å². The van der Waals surface area contributed by atoms with Gasteiger partial charge < -0.3 is 15.5 Å². The summed E-state index contributed by atoms with van der Waals surface area (Å²) in [6, 6.07) is 0.156. The van der Waals surface area contributed by atoms with Crippen LogP contribution in [0, 0.1) is 0 Å². The van der Waals surface area contributed by atoms with Crippen molar-refractivity contribution in [2.75, 3.05) is 6.54 Å². The number of aliphatic hydroxyl groups excluding tert-OH is 1. The molecule has 4 nitrogen and oxygen atoms in total. The molecular formula is C11H16N2O2. The average Bonchev–Trinajstić information content (AvgIpc) is 2.29. The quantitative estimate of drug-likeness (QED) is 0.680. The van der Waals surface area contributed by atoms with Gasteiger partial charge in [0.25, 0.3) is 0 Å². The summed E-state index contributed by atoms with van der Waals surface area (Å²) in [5.41, 5.74) is 1.53. The van der Waals surface area contributed by atoms with Gasteiger partial charge in [-0.25, -0.2) is 0 Å². The molecule has 2 heterocycles. The third-order valence-electron chi connectivity index (χ3n) is 2.88. The minimum absolute atomic E-state index is 0.0745. The van der Waals surface area contributed by atoms with Gasteiger partial charge in [-0.3, -0.25) is 4.98 Å². The molecule has 1 aromatic heterocycles. The molecule has 82 valence electrons. The fraction of sp³-hybridized carbons (Fsp3) is 0.545. The Morgan fingerprint density at radius 3 is 2.93 bits per heavy atom. The summed E-state index contributed by atoms with van der Waals surface area (Å²) in [6.45, 7) is 0.895. The minimum atomic E-state index is -0.0745. The second-order valence-electron chi connectivity index (χ2n) is 3.89. The van der Waals surface area contributed by atoms with Gasteiger partial charge in [0.1, 0.15) is 5.75 Å². The molecule has 0 aliphatic carbocycles. The Morgan fingerprint density at radius 2 is 2.27 bits per heavy atom. The van der Waals surface area contributed by atoms with Crippen LogP contribution in [0.5, 0.6) is 5.75 Å². The van der Waals surface area contributed by atoms with E-state index >= 15 is 0 Å². The highest BCUT2D eigenvalue weighted by Crippen LogP contribution is 2.31. The van der Waals surface area contributed by atoms with Gasteiger partial charge in [-0.15, -0.1) is 0 Å². The van der Waals surface area contributed by atoms with Gasteiger partial charge in [-0.05, 0) is 19.4 Å². The first-order chi connectivity index (χ1) is 7.33. The first-order valence-electron chi connectivity index (χ1n) is 5.33. The number of hydrogen-bond acceptors (Lipinski definition) is 4. The summed E-state index contributed by atoms with van der Waals surface area (Å²) in [5, 5.41) is 22.3. The van der Waals surface area contributed by atoms with Crippen LogP contribution in [0.15, 0.2) is 12.4 Å². The largest absolute Gasteiger partial charge is 0.506 e. The van der Waals surface area contributed by atoms with Gasteiger partial charge in [-0.1, -0.05) is 6.42 Å². The molecule has 15 heavy (non-hydrogen) atoms. The minimum Gasteiger partial charge on any atom is -0.506 e. The zero-order chi connectivity index (χ0) is 10.7. The summed E-state index contributed by atoms with van der Waals surface area (Å²) in [5.74, 6) is 0.181. The number of aromatic nitrogens is 1. The Morgan fingerprint density at radius 1 is 1.40 bits per heavy atom. The second-order valence-corrected chi connectivity index (χ2v) is 3.89. The monoisotopic (exact) mass is 208 g/mol. The van der Waals surface area contributed by atoms with E-state index in [1.165, 1.54) is 12.6 Å².